The van der Waals surface area contributed by atoms with E-state index in [1.807, 2.05) is 0 Å². The van der Waals surface area contributed by atoms with Gasteiger partial charge >= 0.3 is 5.97 Å². The lowest BCUT2D eigenvalue weighted by atomic mass is 10.2. The van der Waals surface area contributed by atoms with Crippen LogP contribution in [0.5, 0.6) is 5.75 Å². The van der Waals surface area contributed by atoms with Gasteiger partial charge < -0.3 is 20.5 Å². The lowest BCUT2D eigenvalue weighted by Gasteiger charge is -2.13. The zero-order valence-corrected chi connectivity index (χ0v) is 16.8. The van der Waals surface area contributed by atoms with E-state index in [0.29, 0.717) is 16.3 Å². The van der Waals surface area contributed by atoms with Crippen LogP contribution in [-0.2, 0) is 21.0 Å². The zero-order chi connectivity index (χ0) is 20.8. The number of nitrogens with one attached hydrogen (secondary N) is 2. The molecule has 2 aromatic rings. The number of hydrogen-bond acceptors (Lipinski definition) is 4. The molecule has 7 nitrogen and oxygen atoms in total. The van der Waals surface area contributed by atoms with Gasteiger partial charge in [0.25, 0.3) is 0 Å². The fourth-order valence-corrected chi connectivity index (χ4v) is 3.13. The fourth-order valence-electron chi connectivity index (χ4n) is 2.28. The van der Waals surface area contributed by atoms with Crippen LogP contribution < -0.4 is 15.4 Å². The molecule has 0 unspecified atom stereocenters. The molecule has 0 aliphatic carbocycles. The highest BCUT2D eigenvalue weighted by Gasteiger charge is 2.14. The van der Waals surface area contributed by atoms with Crippen LogP contribution >= 0.6 is 34.8 Å². The summed E-state index contributed by atoms with van der Waals surface area (Å²) in [6.07, 6.45) is -0.682. The van der Waals surface area contributed by atoms with E-state index in [0.717, 1.165) is 0 Å². The fraction of sp³-hybridized carbons (Fsp3) is 0.167. The van der Waals surface area contributed by atoms with Gasteiger partial charge in [-0.25, -0.2) is 0 Å². The molecule has 0 bridgehead atoms. The van der Waals surface area contributed by atoms with Gasteiger partial charge in [0.2, 0.25) is 11.8 Å². The van der Waals surface area contributed by atoms with Crippen molar-refractivity contribution in [3.8, 4) is 5.75 Å². The maximum absolute atomic E-state index is 11.5. The Hall–Kier alpha value is -2.48. The zero-order valence-electron chi connectivity index (χ0n) is 14.5. The molecule has 0 radical (unpaired) electrons. The topological polar surface area (TPSA) is 105 Å². The molecule has 28 heavy (non-hydrogen) atoms. The van der Waals surface area contributed by atoms with Crippen LogP contribution in [0, 0.1) is 0 Å². The highest BCUT2D eigenvalue weighted by molar-refractivity contribution is 6.37. The number of carbonyl (C=O) groups excluding carboxylic acids is 2. The predicted octanol–water partition coefficient (Wildman–Crippen LogP) is 4.60. The molecule has 0 atom stereocenters. The van der Waals surface area contributed by atoms with E-state index >= 15 is 0 Å². The summed E-state index contributed by atoms with van der Waals surface area (Å²) in [4.78, 5) is 33.3. The first-order valence-electron chi connectivity index (χ1n) is 7.84. The lowest BCUT2D eigenvalue weighted by Crippen LogP contribution is -2.15. The van der Waals surface area contributed by atoms with Crippen molar-refractivity contribution < 1.29 is 24.2 Å². The quantitative estimate of drug-likeness (QED) is 0.540. The largest absolute Gasteiger partial charge is 0.486 e. The van der Waals surface area contributed by atoms with E-state index in [1.54, 1.807) is 18.2 Å². The number of halogens is 3. The number of anilines is 2. The van der Waals surface area contributed by atoms with Gasteiger partial charge in [-0.1, -0.05) is 34.8 Å². The molecule has 10 heteroatoms. The highest BCUT2D eigenvalue weighted by Crippen LogP contribution is 2.36. The van der Waals surface area contributed by atoms with Crippen molar-refractivity contribution in [2.45, 2.75) is 20.0 Å². The van der Waals surface area contributed by atoms with Crippen LogP contribution in [0.25, 0.3) is 0 Å². The SMILES string of the molecule is CC(=O)Nc1cc(Cl)cc(COc2c(Cl)cc(NC(=O)CC(=O)O)cc2Cl)c1. The molecule has 0 saturated heterocycles. The lowest BCUT2D eigenvalue weighted by molar-refractivity contribution is -0.139. The number of carboxylic acids is 1. The molecule has 0 fully saturated rings. The average Bonchev–Trinajstić information content (AvgIpc) is 2.51. The predicted molar refractivity (Wildman–Crippen MR) is 107 cm³/mol. The molecule has 0 aromatic heterocycles. The van der Waals surface area contributed by atoms with Gasteiger partial charge in [-0.3, -0.25) is 14.4 Å². The third-order valence-electron chi connectivity index (χ3n) is 3.25. The molecule has 2 rings (SSSR count). The minimum Gasteiger partial charge on any atom is -0.486 e. The van der Waals surface area contributed by atoms with Crippen molar-refractivity contribution in [3.63, 3.8) is 0 Å². The van der Waals surface area contributed by atoms with Gasteiger partial charge in [0.1, 0.15) is 13.0 Å². The van der Waals surface area contributed by atoms with Crippen LogP contribution in [0.2, 0.25) is 15.1 Å². The van der Waals surface area contributed by atoms with Crippen LogP contribution in [0.3, 0.4) is 0 Å². The summed E-state index contributed by atoms with van der Waals surface area (Å²) in [5, 5.41) is 14.3. The second kappa shape index (κ2) is 9.64. The van der Waals surface area contributed by atoms with Crippen molar-refractivity contribution in [2.24, 2.45) is 0 Å². The average molecular weight is 446 g/mol. The summed E-state index contributed by atoms with van der Waals surface area (Å²) < 4.78 is 5.65. The minimum atomic E-state index is -1.25. The molecule has 0 aliphatic heterocycles. The second-order valence-corrected chi connectivity index (χ2v) is 6.96. The molecule has 2 aromatic carbocycles. The van der Waals surface area contributed by atoms with Crippen molar-refractivity contribution >= 4 is 64.0 Å². The summed E-state index contributed by atoms with van der Waals surface area (Å²) in [5.41, 5.74) is 1.43. The Morgan fingerprint density at radius 1 is 0.964 bits per heavy atom. The number of rotatable bonds is 7. The molecule has 0 aliphatic rings. The van der Waals surface area contributed by atoms with Crippen molar-refractivity contribution in [2.75, 3.05) is 10.6 Å². The normalized spacial score (nSPS) is 10.3. The van der Waals surface area contributed by atoms with E-state index in [9.17, 15) is 14.4 Å². The van der Waals surface area contributed by atoms with Gasteiger partial charge in [-0.15, -0.1) is 0 Å². The van der Waals surface area contributed by atoms with Gasteiger partial charge in [0, 0.05) is 23.3 Å². The Labute approximate surface area is 175 Å². The molecule has 0 heterocycles. The summed E-state index contributed by atoms with van der Waals surface area (Å²) in [7, 11) is 0. The number of aliphatic carboxylic acids is 1. The second-order valence-electron chi connectivity index (χ2n) is 5.71. The third-order valence-corrected chi connectivity index (χ3v) is 4.03. The summed E-state index contributed by atoms with van der Waals surface area (Å²) in [6.45, 7) is 1.45. The number of ether oxygens (including phenoxy) is 1. The first-order valence-corrected chi connectivity index (χ1v) is 8.98. The molecule has 0 saturated carbocycles. The maximum Gasteiger partial charge on any atom is 0.312 e. The number of carbonyl (C=O) groups is 3. The Morgan fingerprint density at radius 3 is 2.14 bits per heavy atom. The highest BCUT2D eigenvalue weighted by atomic mass is 35.5. The van der Waals surface area contributed by atoms with Crippen molar-refractivity contribution in [3.05, 3.63) is 51.0 Å². The molecular formula is C18H15Cl3N2O5. The number of hydrogen-bond donors (Lipinski definition) is 3. The van der Waals surface area contributed by atoms with Gasteiger partial charge in [0.05, 0.1) is 10.0 Å². The third kappa shape index (κ3) is 6.60. The Bertz CT molecular complexity index is 910. The molecular weight excluding hydrogens is 431 g/mol. The van der Waals surface area contributed by atoms with E-state index in [1.165, 1.54) is 19.1 Å². The summed E-state index contributed by atoms with van der Waals surface area (Å²) in [6, 6.07) is 7.73. The summed E-state index contributed by atoms with van der Waals surface area (Å²) in [5.74, 6) is -2.02. The first kappa shape index (κ1) is 21.8. The maximum atomic E-state index is 11.5. The van der Waals surface area contributed by atoms with E-state index in [2.05, 4.69) is 10.6 Å². The molecule has 0 spiro atoms. The summed E-state index contributed by atoms with van der Waals surface area (Å²) >= 11 is 18.4. The number of carboxylic acid groups (broad SMARTS) is 1. The van der Waals surface area contributed by atoms with E-state index in [-0.39, 0.29) is 34.0 Å². The molecule has 2 amide bonds. The van der Waals surface area contributed by atoms with Gasteiger partial charge in [-0.05, 0) is 35.9 Å². The van der Waals surface area contributed by atoms with Crippen LogP contribution in [0.15, 0.2) is 30.3 Å². The first-order chi connectivity index (χ1) is 13.1. The van der Waals surface area contributed by atoms with Crippen LogP contribution in [0.1, 0.15) is 18.9 Å². The van der Waals surface area contributed by atoms with Crippen molar-refractivity contribution in [1.82, 2.24) is 0 Å². The van der Waals surface area contributed by atoms with E-state index < -0.39 is 18.3 Å². The Morgan fingerprint density at radius 2 is 1.57 bits per heavy atom. The standard InChI is InChI=1S/C18H15Cl3N2O5/c1-9(24)22-12-3-10(2-11(19)4-12)8-28-18-14(20)5-13(6-15(18)21)23-16(25)7-17(26)27/h2-6H,7-8H2,1H3,(H,22,24)(H,23,25)(H,26,27). The Kier molecular flexibility index (Phi) is 7.51. The monoisotopic (exact) mass is 444 g/mol. The van der Waals surface area contributed by atoms with Gasteiger partial charge in [-0.2, -0.15) is 0 Å². The van der Waals surface area contributed by atoms with E-state index in [4.69, 9.17) is 44.6 Å². The number of benzene rings is 2. The number of amides is 2. The minimum absolute atomic E-state index is 0.0668. The van der Waals surface area contributed by atoms with Crippen molar-refractivity contribution in [1.29, 1.82) is 0 Å². The van der Waals surface area contributed by atoms with Crippen LogP contribution in [0.4, 0.5) is 11.4 Å². The Balaban J connectivity index is 2.12. The van der Waals surface area contributed by atoms with Gasteiger partial charge in [0.15, 0.2) is 5.75 Å². The molecule has 148 valence electrons. The molecule has 3 N–H and O–H groups in total. The smallest absolute Gasteiger partial charge is 0.312 e. The van der Waals surface area contributed by atoms with Crippen LogP contribution in [-0.4, -0.2) is 22.9 Å².